The number of fused-ring (bicyclic) bond motifs is 1. The minimum atomic E-state index is -5.08. The van der Waals surface area contributed by atoms with E-state index < -0.39 is 23.9 Å². The zero-order valence-corrected chi connectivity index (χ0v) is 23.6. The first kappa shape index (κ1) is 30.9. The molecule has 10 nitrogen and oxygen atoms in total. The van der Waals surface area contributed by atoms with E-state index in [1.54, 1.807) is 19.3 Å². The molecule has 5 heterocycles. The Balaban J connectivity index is 0.000000517. The molecular weight excluding hydrogens is 584 g/mol. The number of aryl methyl sites for hydroxylation is 2. The van der Waals surface area contributed by atoms with Gasteiger partial charge < -0.3 is 20.1 Å². The number of carboxylic acids is 1. The molecule has 3 aromatic heterocycles. The highest BCUT2D eigenvalue weighted by Crippen LogP contribution is 2.39. The predicted octanol–water partition coefficient (Wildman–Crippen LogP) is 4.81. The summed E-state index contributed by atoms with van der Waals surface area (Å²) in [5.41, 5.74) is 2.83. The molecule has 5 rings (SSSR count). The summed E-state index contributed by atoms with van der Waals surface area (Å²) >= 11 is 5.93. The van der Waals surface area contributed by atoms with E-state index in [1.807, 2.05) is 11.8 Å². The molecule has 1 fully saturated rings. The number of methoxy groups -OCH3 is 1. The lowest BCUT2D eigenvalue weighted by atomic mass is 9.86. The molecule has 1 amide bonds. The zero-order valence-electron chi connectivity index (χ0n) is 22.8. The number of amides is 1. The molecular formula is C27H27ClF4N6O4. The standard InChI is InChI=1S/C25H26ClFN6O2.C2HF3O2/c1-14(18-9-21(35-3)28-12-20(18)27)24(34)33-7-6-25(13-33)5-4-16-8-19(15(2)31-22(16)32-25)23-29-10-17(26)11-30-23;3-2(4,5)1(6)7/h8-12,14H,4-7,13H2,1-3H3,(H,31,32);(H,6,7)/t14-,25+;/m1./s1. The highest BCUT2D eigenvalue weighted by atomic mass is 35.5. The van der Waals surface area contributed by atoms with Crippen LogP contribution in [0.15, 0.2) is 30.7 Å². The summed E-state index contributed by atoms with van der Waals surface area (Å²) in [5, 5.41) is 11.2. The third-order valence-electron chi connectivity index (χ3n) is 7.22. The highest BCUT2D eigenvalue weighted by molar-refractivity contribution is 6.30. The number of rotatable bonds is 4. The van der Waals surface area contributed by atoms with Gasteiger partial charge in [0.05, 0.1) is 35.5 Å². The van der Waals surface area contributed by atoms with Crippen molar-refractivity contribution in [2.45, 2.75) is 50.7 Å². The maximum absolute atomic E-state index is 14.4. The average molecular weight is 611 g/mol. The number of hydrogen-bond acceptors (Lipinski definition) is 8. The summed E-state index contributed by atoms with van der Waals surface area (Å²) in [6.45, 7) is 4.80. The largest absolute Gasteiger partial charge is 0.490 e. The molecule has 2 aliphatic rings. The number of pyridine rings is 2. The van der Waals surface area contributed by atoms with Crippen molar-refractivity contribution in [2.24, 2.45) is 0 Å². The second-order valence-corrected chi connectivity index (χ2v) is 10.5. The van der Waals surface area contributed by atoms with Gasteiger partial charge in [0.1, 0.15) is 11.6 Å². The first-order valence-corrected chi connectivity index (χ1v) is 13.2. The Labute approximate surface area is 243 Å². The molecule has 2 aliphatic heterocycles. The second kappa shape index (κ2) is 12.0. The number of carboxylic acid groups (broad SMARTS) is 1. The smallest absolute Gasteiger partial charge is 0.481 e. The third-order valence-corrected chi connectivity index (χ3v) is 7.42. The SMILES string of the molecule is COc1cc([C@@H](C)C(=O)N2CC[C@@]3(CCc4cc(-c5ncc(Cl)cn5)c(C)nc4N3)C2)c(F)cn1.O=C(O)C(F)(F)F. The summed E-state index contributed by atoms with van der Waals surface area (Å²) in [7, 11) is 1.47. The Morgan fingerprint density at radius 3 is 2.45 bits per heavy atom. The van der Waals surface area contributed by atoms with Gasteiger partial charge in [-0.15, -0.1) is 0 Å². The summed E-state index contributed by atoms with van der Waals surface area (Å²) in [6, 6.07) is 3.58. The fourth-order valence-corrected chi connectivity index (χ4v) is 5.06. The number of aromatic nitrogens is 4. The van der Waals surface area contributed by atoms with Gasteiger partial charge in [-0.2, -0.15) is 13.2 Å². The minimum Gasteiger partial charge on any atom is -0.481 e. The molecule has 42 heavy (non-hydrogen) atoms. The van der Waals surface area contributed by atoms with Crippen LogP contribution in [0.1, 0.15) is 42.5 Å². The van der Waals surface area contributed by atoms with Crippen LogP contribution in [0.3, 0.4) is 0 Å². The van der Waals surface area contributed by atoms with Crippen molar-refractivity contribution < 1.29 is 37.0 Å². The van der Waals surface area contributed by atoms with Crippen LogP contribution in [-0.2, 0) is 16.0 Å². The molecule has 0 bridgehead atoms. The fraction of sp³-hybridized carbons (Fsp3) is 0.407. The summed E-state index contributed by atoms with van der Waals surface area (Å²) in [4.78, 5) is 41.3. The number of hydrogen-bond donors (Lipinski definition) is 2. The van der Waals surface area contributed by atoms with Crippen LogP contribution >= 0.6 is 11.6 Å². The molecule has 0 aliphatic carbocycles. The Bertz CT molecular complexity index is 1490. The van der Waals surface area contributed by atoms with Crippen molar-refractivity contribution in [3.05, 3.63) is 58.4 Å². The minimum absolute atomic E-state index is 0.110. The first-order valence-electron chi connectivity index (χ1n) is 12.8. The van der Waals surface area contributed by atoms with Crippen molar-refractivity contribution in [2.75, 3.05) is 25.5 Å². The van der Waals surface area contributed by atoms with Crippen LogP contribution in [0, 0.1) is 12.7 Å². The van der Waals surface area contributed by atoms with Crippen LogP contribution < -0.4 is 10.1 Å². The average Bonchev–Trinajstić information content (AvgIpc) is 3.35. The van der Waals surface area contributed by atoms with Crippen LogP contribution in [0.5, 0.6) is 5.88 Å². The first-order chi connectivity index (χ1) is 19.7. The Hall–Kier alpha value is -4.07. The quantitative estimate of drug-likeness (QED) is 0.400. The molecule has 2 N–H and O–H groups in total. The molecule has 0 aromatic carbocycles. The van der Waals surface area contributed by atoms with Gasteiger partial charge in [0.15, 0.2) is 5.82 Å². The molecule has 0 unspecified atom stereocenters. The number of anilines is 1. The number of nitrogens with zero attached hydrogens (tertiary/aromatic N) is 5. The number of nitrogens with one attached hydrogen (secondary N) is 1. The highest BCUT2D eigenvalue weighted by Gasteiger charge is 2.43. The topological polar surface area (TPSA) is 130 Å². The molecule has 224 valence electrons. The van der Waals surface area contributed by atoms with Crippen molar-refractivity contribution in [1.82, 2.24) is 24.8 Å². The van der Waals surface area contributed by atoms with Crippen molar-refractivity contribution >= 4 is 29.3 Å². The van der Waals surface area contributed by atoms with E-state index in [0.717, 1.165) is 48.1 Å². The number of halogens is 5. The van der Waals surface area contributed by atoms with Gasteiger partial charge >= 0.3 is 12.1 Å². The van der Waals surface area contributed by atoms with Crippen LogP contribution in [0.2, 0.25) is 5.02 Å². The zero-order chi connectivity index (χ0) is 30.8. The van der Waals surface area contributed by atoms with Gasteiger partial charge in [-0.3, -0.25) is 4.79 Å². The van der Waals surface area contributed by atoms with Crippen molar-refractivity contribution in [3.8, 4) is 17.3 Å². The number of ether oxygens (including phenoxy) is 1. The van der Waals surface area contributed by atoms with E-state index in [9.17, 15) is 22.4 Å². The third kappa shape index (κ3) is 6.69. The molecule has 1 spiro atoms. The van der Waals surface area contributed by atoms with E-state index >= 15 is 0 Å². The van der Waals surface area contributed by atoms with Gasteiger partial charge in [-0.05, 0) is 44.7 Å². The van der Waals surface area contributed by atoms with E-state index in [4.69, 9.17) is 31.2 Å². The lowest BCUT2D eigenvalue weighted by molar-refractivity contribution is -0.192. The van der Waals surface area contributed by atoms with Gasteiger partial charge in [-0.1, -0.05) is 11.6 Å². The lowest BCUT2D eigenvalue weighted by Crippen LogP contribution is -2.46. The molecule has 0 saturated carbocycles. The summed E-state index contributed by atoms with van der Waals surface area (Å²) in [5.74, 6) is -2.30. The molecule has 2 atom stereocenters. The fourth-order valence-electron chi connectivity index (χ4n) is 4.96. The van der Waals surface area contributed by atoms with Crippen molar-refractivity contribution in [1.29, 1.82) is 0 Å². The lowest BCUT2D eigenvalue weighted by Gasteiger charge is -2.36. The van der Waals surface area contributed by atoms with Gasteiger partial charge in [-0.25, -0.2) is 29.1 Å². The molecule has 3 aromatic rings. The van der Waals surface area contributed by atoms with Gasteiger partial charge in [0, 0.05) is 42.7 Å². The number of likely N-dealkylation sites (tertiary alicyclic amines) is 1. The maximum atomic E-state index is 14.4. The van der Waals surface area contributed by atoms with Crippen LogP contribution in [0.25, 0.3) is 11.4 Å². The normalized spacial score (nSPS) is 18.4. The number of aliphatic carboxylic acids is 1. The maximum Gasteiger partial charge on any atom is 0.490 e. The van der Waals surface area contributed by atoms with Crippen LogP contribution in [-0.4, -0.2) is 73.7 Å². The van der Waals surface area contributed by atoms with Gasteiger partial charge in [0.2, 0.25) is 11.8 Å². The second-order valence-electron chi connectivity index (χ2n) is 10.0. The van der Waals surface area contributed by atoms with Gasteiger partial charge in [0.25, 0.3) is 0 Å². The van der Waals surface area contributed by atoms with E-state index in [2.05, 4.69) is 26.3 Å². The molecule has 1 saturated heterocycles. The summed E-state index contributed by atoms with van der Waals surface area (Å²) in [6.07, 6.45) is 1.66. The predicted molar refractivity (Wildman–Crippen MR) is 144 cm³/mol. The number of alkyl halides is 3. The van der Waals surface area contributed by atoms with Crippen LogP contribution in [0.4, 0.5) is 23.4 Å². The number of carbonyl (C=O) groups is 2. The van der Waals surface area contributed by atoms with E-state index in [1.165, 1.54) is 13.2 Å². The number of carbonyl (C=O) groups excluding carboxylic acids is 1. The van der Waals surface area contributed by atoms with E-state index in [0.29, 0.717) is 29.5 Å². The Kier molecular flexibility index (Phi) is 8.85. The Morgan fingerprint density at radius 2 is 1.83 bits per heavy atom. The summed E-state index contributed by atoms with van der Waals surface area (Å²) < 4.78 is 51.2. The van der Waals surface area contributed by atoms with E-state index in [-0.39, 0.29) is 17.3 Å². The molecule has 0 radical (unpaired) electrons. The Morgan fingerprint density at radius 1 is 1.17 bits per heavy atom. The van der Waals surface area contributed by atoms with Crippen molar-refractivity contribution in [3.63, 3.8) is 0 Å². The monoisotopic (exact) mass is 610 g/mol. The molecule has 15 heteroatoms.